The van der Waals surface area contributed by atoms with Gasteiger partial charge in [-0.3, -0.25) is 4.79 Å². The van der Waals surface area contributed by atoms with Crippen molar-refractivity contribution in [1.82, 2.24) is 10.2 Å². The van der Waals surface area contributed by atoms with Crippen LogP contribution in [0.4, 0.5) is 4.39 Å². The molecule has 1 atom stereocenters. The van der Waals surface area contributed by atoms with Crippen molar-refractivity contribution in [3.8, 4) is 0 Å². The number of nitrogens with zero attached hydrogens (tertiary/aromatic N) is 1. The molecule has 1 aliphatic rings. The van der Waals surface area contributed by atoms with Crippen LogP contribution >= 0.6 is 11.6 Å². The van der Waals surface area contributed by atoms with E-state index in [1.165, 1.54) is 4.90 Å². The van der Waals surface area contributed by atoms with Crippen LogP contribution in [-0.2, 0) is 11.3 Å². The summed E-state index contributed by atoms with van der Waals surface area (Å²) >= 11 is 6.02. The molecule has 1 amide bonds. The smallest absolute Gasteiger partial charge is 0.261 e. The second-order valence-corrected chi connectivity index (χ2v) is 5.05. The van der Waals surface area contributed by atoms with Crippen molar-refractivity contribution in [3.05, 3.63) is 34.9 Å². The number of hydrogen-bond acceptors (Lipinski definition) is 2. The highest BCUT2D eigenvalue weighted by Gasteiger charge is 2.43. The van der Waals surface area contributed by atoms with Gasteiger partial charge in [0.2, 0.25) is 5.67 Å². The zero-order valence-electron chi connectivity index (χ0n) is 10.2. The summed E-state index contributed by atoms with van der Waals surface area (Å²) in [6, 6.07) is 7.27. The average molecular weight is 271 g/mol. The maximum absolute atomic E-state index is 14.3. The predicted octanol–water partition coefficient (Wildman–Crippen LogP) is 2.00. The molecule has 0 aromatic heterocycles. The Bertz CT molecular complexity index is 446. The molecular formula is C13H16ClFN2O. The maximum atomic E-state index is 14.3. The van der Waals surface area contributed by atoms with Gasteiger partial charge in [0, 0.05) is 31.6 Å². The molecule has 1 aromatic rings. The van der Waals surface area contributed by atoms with Crippen LogP contribution in [0, 0.1) is 0 Å². The van der Waals surface area contributed by atoms with Gasteiger partial charge in [-0.05, 0) is 18.2 Å². The predicted molar refractivity (Wildman–Crippen MR) is 69.3 cm³/mol. The summed E-state index contributed by atoms with van der Waals surface area (Å²) in [6.07, 6.45) is 0.235. The zero-order valence-corrected chi connectivity index (χ0v) is 11.0. The van der Waals surface area contributed by atoms with Gasteiger partial charge < -0.3 is 10.2 Å². The second-order valence-electron chi connectivity index (χ2n) is 4.64. The molecule has 0 aliphatic carbocycles. The summed E-state index contributed by atoms with van der Waals surface area (Å²) in [5.74, 6) is -0.479. The topological polar surface area (TPSA) is 32.3 Å². The Kier molecular flexibility index (Phi) is 3.88. The summed E-state index contributed by atoms with van der Waals surface area (Å²) < 4.78 is 14.3. The zero-order chi connectivity index (χ0) is 13.2. The first-order valence-corrected chi connectivity index (χ1v) is 6.29. The van der Waals surface area contributed by atoms with Crippen molar-refractivity contribution in [2.24, 2.45) is 0 Å². The summed E-state index contributed by atoms with van der Waals surface area (Å²) in [6.45, 7) is 0.963. The molecule has 98 valence electrons. The van der Waals surface area contributed by atoms with E-state index >= 15 is 0 Å². The van der Waals surface area contributed by atoms with E-state index in [-0.39, 0.29) is 13.0 Å². The Morgan fingerprint density at radius 1 is 1.56 bits per heavy atom. The summed E-state index contributed by atoms with van der Waals surface area (Å²) in [5, 5.41) is 3.47. The molecule has 0 bridgehead atoms. The number of nitrogens with one attached hydrogen (secondary N) is 1. The molecule has 18 heavy (non-hydrogen) atoms. The molecule has 0 unspecified atom stereocenters. The molecule has 1 fully saturated rings. The first-order chi connectivity index (χ1) is 8.53. The molecule has 1 saturated heterocycles. The lowest BCUT2D eigenvalue weighted by Gasteiger charge is -2.25. The molecule has 0 spiro atoms. The van der Waals surface area contributed by atoms with Gasteiger partial charge in [0.05, 0.1) is 0 Å². The van der Waals surface area contributed by atoms with Gasteiger partial charge in [0.15, 0.2) is 0 Å². The van der Waals surface area contributed by atoms with E-state index in [4.69, 9.17) is 11.6 Å². The molecule has 2 rings (SSSR count). The van der Waals surface area contributed by atoms with Gasteiger partial charge in [-0.2, -0.15) is 0 Å². The van der Waals surface area contributed by atoms with Crippen molar-refractivity contribution in [2.45, 2.75) is 18.6 Å². The van der Waals surface area contributed by atoms with E-state index in [9.17, 15) is 9.18 Å². The molecule has 1 aromatic carbocycles. The van der Waals surface area contributed by atoms with Gasteiger partial charge >= 0.3 is 0 Å². The van der Waals surface area contributed by atoms with Crippen LogP contribution < -0.4 is 5.32 Å². The molecule has 0 saturated carbocycles. The number of alkyl halides is 1. The Hall–Kier alpha value is -1.13. The molecule has 1 heterocycles. The first-order valence-electron chi connectivity index (χ1n) is 5.91. The van der Waals surface area contributed by atoms with E-state index in [0.717, 1.165) is 5.56 Å². The highest BCUT2D eigenvalue weighted by molar-refractivity contribution is 6.31. The number of amides is 1. The van der Waals surface area contributed by atoms with E-state index < -0.39 is 11.6 Å². The quantitative estimate of drug-likeness (QED) is 0.911. The molecule has 1 N–H and O–H groups in total. The lowest BCUT2D eigenvalue weighted by Crippen LogP contribution is -2.45. The lowest BCUT2D eigenvalue weighted by atomic mass is 10.0. The van der Waals surface area contributed by atoms with Crippen LogP contribution in [0.25, 0.3) is 0 Å². The lowest BCUT2D eigenvalue weighted by molar-refractivity contribution is -0.142. The average Bonchev–Trinajstić information content (AvgIpc) is 2.79. The minimum Gasteiger partial charge on any atom is -0.339 e. The van der Waals surface area contributed by atoms with Crippen molar-refractivity contribution in [3.63, 3.8) is 0 Å². The number of carbonyl (C=O) groups is 1. The fourth-order valence-corrected chi connectivity index (χ4v) is 2.34. The normalized spacial score (nSPS) is 23.1. The van der Waals surface area contributed by atoms with Crippen molar-refractivity contribution in [2.75, 3.05) is 20.1 Å². The fraction of sp³-hybridized carbons (Fsp3) is 0.462. The molecule has 1 aliphatic heterocycles. The molecule has 5 heteroatoms. The first kappa shape index (κ1) is 13.3. The fourth-order valence-electron chi connectivity index (χ4n) is 2.14. The van der Waals surface area contributed by atoms with Gasteiger partial charge in [-0.1, -0.05) is 29.8 Å². The van der Waals surface area contributed by atoms with Crippen LogP contribution in [0.15, 0.2) is 24.3 Å². The highest BCUT2D eigenvalue weighted by atomic mass is 35.5. The van der Waals surface area contributed by atoms with E-state index in [1.807, 2.05) is 18.2 Å². The van der Waals surface area contributed by atoms with Crippen molar-refractivity contribution < 1.29 is 9.18 Å². The Morgan fingerprint density at radius 3 is 2.89 bits per heavy atom. The largest absolute Gasteiger partial charge is 0.339 e. The molecular weight excluding hydrogens is 255 g/mol. The number of halogens is 2. The standard InChI is InChI=1S/C13H16ClFN2O/c1-17(8-10-4-2-3-5-11(10)14)12(18)13(15)6-7-16-9-13/h2-5,16H,6-9H2,1H3/t13-/m1/s1. The van der Waals surface area contributed by atoms with E-state index in [0.29, 0.717) is 18.1 Å². The minimum atomic E-state index is -1.77. The molecule has 3 nitrogen and oxygen atoms in total. The maximum Gasteiger partial charge on any atom is 0.261 e. The van der Waals surface area contributed by atoms with E-state index in [1.54, 1.807) is 13.1 Å². The van der Waals surface area contributed by atoms with E-state index in [2.05, 4.69) is 5.32 Å². The number of hydrogen-bond donors (Lipinski definition) is 1. The van der Waals surface area contributed by atoms with Gasteiger partial charge in [0.1, 0.15) is 0 Å². The third-order valence-corrected chi connectivity index (χ3v) is 3.57. The van der Waals surface area contributed by atoms with Crippen LogP contribution in [-0.4, -0.2) is 36.6 Å². The second kappa shape index (κ2) is 5.24. The number of benzene rings is 1. The minimum absolute atomic E-state index is 0.0959. The Morgan fingerprint density at radius 2 is 2.28 bits per heavy atom. The van der Waals surface area contributed by atoms with Gasteiger partial charge in [-0.15, -0.1) is 0 Å². The van der Waals surface area contributed by atoms with Crippen LogP contribution in [0.5, 0.6) is 0 Å². The molecule has 0 radical (unpaired) electrons. The van der Waals surface area contributed by atoms with Crippen LogP contribution in [0.1, 0.15) is 12.0 Å². The summed E-state index contributed by atoms with van der Waals surface area (Å²) in [5.41, 5.74) is -0.944. The third kappa shape index (κ3) is 2.65. The Balaban J connectivity index is 2.06. The summed E-state index contributed by atoms with van der Waals surface area (Å²) in [4.78, 5) is 13.4. The summed E-state index contributed by atoms with van der Waals surface area (Å²) in [7, 11) is 1.60. The van der Waals surface area contributed by atoms with Crippen LogP contribution in [0.2, 0.25) is 5.02 Å². The van der Waals surface area contributed by atoms with Crippen LogP contribution in [0.3, 0.4) is 0 Å². The highest BCUT2D eigenvalue weighted by Crippen LogP contribution is 2.24. The van der Waals surface area contributed by atoms with Gasteiger partial charge in [-0.25, -0.2) is 4.39 Å². The number of carbonyl (C=O) groups excluding carboxylic acids is 1. The Labute approximate surface area is 111 Å². The number of rotatable bonds is 3. The SMILES string of the molecule is CN(Cc1ccccc1Cl)C(=O)[C@@]1(F)CCNC1. The monoisotopic (exact) mass is 270 g/mol. The van der Waals surface area contributed by atoms with Crippen molar-refractivity contribution >= 4 is 17.5 Å². The third-order valence-electron chi connectivity index (χ3n) is 3.20. The van der Waals surface area contributed by atoms with Crippen molar-refractivity contribution in [1.29, 1.82) is 0 Å². The van der Waals surface area contributed by atoms with Gasteiger partial charge in [0.25, 0.3) is 5.91 Å².